The van der Waals surface area contributed by atoms with Crippen molar-refractivity contribution >= 4 is 27.3 Å². The van der Waals surface area contributed by atoms with Gasteiger partial charge in [-0.3, -0.25) is 9.52 Å². The number of sulfonamides is 1. The highest BCUT2D eigenvalue weighted by Crippen LogP contribution is 2.37. The largest absolute Gasteiger partial charge is 0.433 e. The molecule has 1 heterocycles. The Morgan fingerprint density at radius 1 is 0.972 bits per heavy atom. The van der Waals surface area contributed by atoms with Crippen molar-refractivity contribution in [2.24, 2.45) is 0 Å². The van der Waals surface area contributed by atoms with Crippen LogP contribution in [0.4, 0.5) is 37.7 Å². The molecule has 0 atom stereocenters. The SMILES string of the molecule is CN(c1cc(C(F)(F)F)nc(C(F)(F)F)c1)[C@H]1CC[C@@H](NC(=O)c2cccc(NS(C)(=O)=O)c2)CC1. The van der Waals surface area contributed by atoms with Gasteiger partial charge in [-0.05, 0) is 56.0 Å². The van der Waals surface area contributed by atoms with Crippen molar-refractivity contribution in [1.29, 1.82) is 0 Å². The molecule has 1 aromatic carbocycles. The molecule has 0 bridgehead atoms. The zero-order valence-corrected chi connectivity index (χ0v) is 20.1. The molecule has 1 aliphatic rings. The second kappa shape index (κ2) is 10.1. The Balaban J connectivity index is 1.66. The van der Waals surface area contributed by atoms with Crippen molar-refractivity contribution in [3.8, 4) is 0 Å². The second-order valence-corrected chi connectivity index (χ2v) is 10.4. The van der Waals surface area contributed by atoms with E-state index in [1.54, 1.807) is 0 Å². The number of hydrogen-bond acceptors (Lipinski definition) is 5. The van der Waals surface area contributed by atoms with Crippen LogP contribution in [-0.4, -0.2) is 44.7 Å². The first kappa shape index (κ1) is 27.6. The number of amides is 1. The van der Waals surface area contributed by atoms with Crippen LogP contribution in [-0.2, 0) is 22.4 Å². The van der Waals surface area contributed by atoms with Crippen LogP contribution in [0.5, 0.6) is 0 Å². The number of carbonyl (C=O) groups excluding carboxylic acids is 1. The summed E-state index contributed by atoms with van der Waals surface area (Å²) in [4.78, 5) is 16.7. The molecule has 198 valence electrons. The quantitative estimate of drug-likeness (QED) is 0.522. The first-order valence-electron chi connectivity index (χ1n) is 10.8. The van der Waals surface area contributed by atoms with Crippen LogP contribution >= 0.6 is 0 Å². The number of carbonyl (C=O) groups is 1. The molecule has 2 aromatic rings. The zero-order chi connectivity index (χ0) is 26.9. The lowest BCUT2D eigenvalue weighted by molar-refractivity contribution is -0.150. The third kappa shape index (κ3) is 7.24. The number of pyridine rings is 1. The molecule has 1 fully saturated rings. The van der Waals surface area contributed by atoms with Gasteiger partial charge in [-0.15, -0.1) is 0 Å². The number of halogens is 6. The molecule has 0 saturated heterocycles. The fraction of sp³-hybridized carbons (Fsp3) is 0.455. The maximum Gasteiger partial charge on any atom is 0.433 e. The van der Waals surface area contributed by atoms with E-state index in [2.05, 4.69) is 15.0 Å². The van der Waals surface area contributed by atoms with E-state index in [-0.39, 0.29) is 29.0 Å². The molecular weight excluding hydrogens is 514 g/mol. The van der Waals surface area contributed by atoms with Gasteiger partial charge < -0.3 is 10.2 Å². The molecule has 1 amide bonds. The first-order chi connectivity index (χ1) is 16.5. The predicted molar refractivity (Wildman–Crippen MR) is 121 cm³/mol. The molecule has 36 heavy (non-hydrogen) atoms. The van der Waals surface area contributed by atoms with Crippen LogP contribution < -0.4 is 14.9 Å². The number of rotatable bonds is 6. The third-order valence-electron chi connectivity index (χ3n) is 5.81. The van der Waals surface area contributed by atoms with Crippen molar-refractivity contribution in [3.05, 3.63) is 53.3 Å². The monoisotopic (exact) mass is 538 g/mol. The van der Waals surface area contributed by atoms with Crippen LogP contribution in [0.15, 0.2) is 36.4 Å². The molecule has 1 aliphatic carbocycles. The molecule has 0 radical (unpaired) electrons. The van der Waals surface area contributed by atoms with E-state index in [1.165, 1.54) is 36.2 Å². The number of anilines is 2. The number of aromatic nitrogens is 1. The van der Waals surface area contributed by atoms with Gasteiger partial charge >= 0.3 is 12.4 Å². The molecule has 1 aromatic heterocycles. The molecule has 2 N–H and O–H groups in total. The fourth-order valence-electron chi connectivity index (χ4n) is 4.04. The Kier molecular flexibility index (Phi) is 7.77. The summed E-state index contributed by atoms with van der Waals surface area (Å²) in [7, 11) is -2.09. The fourth-order valence-corrected chi connectivity index (χ4v) is 4.59. The minimum atomic E-state index is -5.03. The maximum atomic E-state index is 13.1. The predicted octanol–water partition coefficient (Wildman–Crippen LogP) is 4.67. The van der Waals surface area contributed by atoms with Gasteiger partial charge in [0.15, 0.2) is 0 Å². The average Bonchev–Trinajstić information content (AvgIpc) is 2.76. The number of alkyl halides is 6. The van der Waals surface area contributed by atoms with Gasteiger partial charge in [0, 0.05) is 36.1 Å². The van der Waals surface area contributed by atoms with E-state index < -0.39 is 39.7 Å². The van der Waals surface area contributed by atoms with Crippen molar-refractivity contribution < 1.29 is 39.6 Å². The molecule has 0 spiro atoms. The van der Waals surface area contributed by atoms with Gasteiger partial charge in [-0.2, -0.15) is 26.3 Å². The van der Waals surface area contributed by atoms with Gasteiger partial charge in [0.2, 0.25) is 10.0 Å². The lowest BCUT2D eigenvalue weighted by Gasteiger charge is -2.36. The first-order valence-corrected chi connectivity index (χ1v) is 12.7. The molecule has 0 aliphatic heterocycles. The summed E-state index contributed by atoms with van der Waals surface area (Å²) in [6.45, 7) is 0. The topological polar surface area (TPSA) is 91.4 Å². The molecular formula is C22H24F6N4O3S. The van der Waals surface area contributed by atoms with Gasteiger partial charge in [0.1, 0.15) is 11.4 Å². The lowest BCUT2D eigenvalue weighted by atomic mass is 9.90. The van der Waals surface area contributed by atoms with Crippen molar-refractivity contribution in [1.82, 2.24) is 10.3 Å². The van der Waals surface area contributed by atoms with Crippen LogP contribution in [0, 0.1) is 0 Å². The summed E-state index contributed by atoms with van der Waals surface area (Å²) in [5, 5.41) is 2.84. The number of benzene rings is 1. The summed E-state index contributed by atoms with van der Waals surface area (Å²) in [5.41, 5.74) is -3.02. The van der Waals surface area contributed by atoms with Crippen LogP contribution in [0.3, 0.4) is 0 Å². The number of nitrogens with one attached hydrogen (secondary N) is 2. The summed E-state index contributed by atoms with van der Waals surface area (Å²) < 4.78 is 104. The Labute approximate surface area is 203 Å². The Morgan fingerprint density at radius 3 is 2.03 bits per heavy atom. The standard InChI is InChI=1S/C22H24F6N4O3S/c1-32(17-11-18(21(23,24)25)30-19(12-17)22(26,27)28)16-8-6-14(7-9-16)29-20(33)13-4-3-5-15(10-13)31-36(2,34)35/h3-5,10-12,14,16,31H,6-9H2,1-2H3,(H,29,33)/t14-,16+. The number of hydrogen-bond donors (Lipinski definition) is 2. The highest BCUT2D eigenvalue weighted by Gasteiger charge is 2.39. The second-order valence-electron chi connectivity index (χ2n) is 8.64. The van der Waals surface area contributed by atoms with Crippen molar-refractivity contribution in [2.45, 2.75) is 50.1 Å². The van der Waals surface area contributed by atoms with E-state index in [1.807, 2.05) is 0 Å². The normalized spacial score (nSPS) is 19.0. The maximum absolute atomic E-state index is 13.1. The van der Waals surface area contributed by atoms with Crippen LogP contribution in [0.25, 0.3) is 0 Å². The summed E-state index contributed by atoms with van der Waals surface area (Å²) >= 11 is 0. The minimum absolute atomic E-state index is 0.226. The van der Waals surface area contributed by atoms with Crippen LogP contribution in [0.2, 0.25) is 0 Å². The van der Waals surface area contributed by atoms with E-state index in [4.69, 9.17) is 0 Å². The molecule has 0 unspecified atom stereocenters. The average molecular weight is 539 g/mol. The number of nitrogens with zero attached hydrogens (tertiary/aromatic N) is 2. The lowest BCUT2D eigenvalue weighted by Crippen LogP contribution is -2.43. The molecule has 14 heteroatoms. The van der Waals surface area contributed by atoms with Gasteiger partial charge in [0.05, 0.1) is 6.26 Å². The smallest absolute Gasteiger partial charge is 0.371 e. The summed E-state index contributed by atoms with van der Waals surface area (Å²) in [6, 6.07) is 6.51. The van der Waals surface area contributed by atoms with Gasteiger partial charge in [-0.1, -0.05) is 6.07 Å². The van der Waals surface area contributed by atoms with Gasteiger partial charge in [0.25, 0.3) is 5.91 Å². The van der Waals surface area contributed by atoms with Crippen molar-refractivity contribution in [3.63, 3.8) is 0 Å². The molecule has 1 saturated carbocycles. The molecule has 3 rings (SSSR count). The summed E-state index contributed by atoms with van der Waals surface area (Å²) in [5.74, 6) is -0.428. The van der Waals surface area contributed by atoms with E-state index in [9.17, 15) is 39.6 Å². The summed E-state index contributed by atoms with van der Waals surface area (Å²) in [6.07, 6.45) is -7.35. The third-order valence-corrected chi connectivity index (χ3v) is 6.41. The van der Waals surface area contributed by atoms with Crippen LogP contribution in [0.1, 0.15) is 47.4 Å². The molecule has 7 nitrogen and oxygen atoms in total. The zero-order valence-electron chi connectivity index (χ0n) is 19.2. The Morgan fingerprint density at radius 2 is 1.53 bits per heavy atom. The van der Waals surface area contributed by atoms with E-state index in [0.717, 1.165) is 6.26 Å². The van der Waals surface area contributed by atoms with Gasteiger partial charge in [-0.25, -0.2) is 13.4 Å². The minimum Gasteiger partial charge on any atom is -0.371 e. The van der Waals surface area contributed by atoms with E-state index in [0.29, 0.717) is 37.8 Å². The highest BCUT2D eigenvalue weighted by molar-refractivity contribution is 7.92. The Hall–Kier alpha value is -3.03. The van der Waals surface area contributed by atoms with Crippen molar-refractivity contribution in [2.75, 3.05) is 22.9 Å². The Bertz CT molecular complexity index is 1180. The van der Waals surface area contributed by atoms with E-state index >= 15 is 0 Å². The highest BCUT2D eigenvalue weighted by atomic mass is 32.2.